The number of aliphatic hydroxyl groups is 2. The third-order valence-corrected chi connectivity index (χ3v) is 8.11. The first-order valence-electron chi connectivity index (χ1n) is 12.4. The van der Waals surface area contributed by atoms with Crippen LogP contribution in [0.4, 0.5) is 0 Å². The quantitative estimate of drug-likeness (QED) is 0.472. The number of ether oxygens (including phenoxy) is 3. The van der Waals surface area contributed by atoms with E-state index in [2.05, 4.69) is 20.4 Å². The largest absolute Gasteiger partial charge is 0.459 e. The average molecular weight is 467 g/mol. The maximum absolute atomic E-state index is 12.3. The van der Waals surface area contributed by atoms with Crippen LogP contribution in [0.1, 0.15) is 80.1 Å². The van der Waals surface area contributed by atoms with Crippen LogP contribution in [-0.4, -0.2) is 57.8 Å². The summed E-state index contributed by atoms with van der Waals surface area (Å²) in [5.74, 6) is -0.483. The Hall–Kier alpha value is -1.44. The Kier molecular flexibility index (Phi) is 7.67. The second-order valence-corrected chi connectivity index (χ2v) is 11.2. The number of esters is 2. The highest BCUT2D eigenvalue weighted by molar-refractivity contribution is 5.69. The van der Waals surface area contributed by atoms with Crippen molar-refractivity contribution >= 4 is 11.9 Å². The lowest BCUT2D eigenvalue weighted by atomic mass is 9.60. The standard InChI is InChI=1S/C26H42O7/c1-8-9-21(29)32-20-10-11-26(7,33-16(5)27)24-23-17(14(2)3)12-18(28)15(4)22(23)19(31-24)13-25(20,6)30/h14,17-20,22-24,28,30H,4,8-13H2,1-3,5-7H3. The van der Waals surface area contributed by atoms with Crippen LogP contribution < -0.4 is 0 Å². The molecule has 2 aliphatic heterocycles. The minimum Gasteiger partial charge on any atom is -0.459 e. The lowest BCUT2D eigenvalue weighted by Gasteiger charge is -2.47. The smallest absolute Gasteiger partial charge is 0.306 e. The van der Waals surface area contributed by atoms with E-state index >= 15 is 0 Å². The number of hydrogen-bond donors (Lipinski definition) is 2. The first-order valence-corrected chi connectivity index (χ1v) is 12.4. The summed E-state index contributed by atoms with van der Waals surface area (Å²) in [5.41, 5.74) is -1.59. The third-order valence-electron chi connectivity index (χ3n) is 8.11. The van der Waals surface area contributed by atoms with E-state index in [0.29, 0.717) is 31.3 Å². The van der Waals surface area contributed by atoms with Gasteiger partial charge >= 0.3 is 11.9 Å². The van der Waals surface area contributed by atoms with E-state index in [9.17, 15) is 19.8 Å². The highest BCUT2D eigenvalue weighted by Gasteiger charge is 2.61. The molecule has 7 heteroatoms. The van der Waals surface area contributed by atoms with E-state index in [-0.39, 0.29) is 42.5 Å². The van der Waals surface area contributed by atoms with Crippen molar-refractivity contribution in [1.29, 1.82) is 0 Å². The molecule has 0 spiro atoms. The number of carbonyl (C=O) groups excluding carboxylic acids is 2. The fourth-order valence-electron chi connectivity index (χ4n) is 6.46. The molecule has 2 heterocycles. The summed E-state index contributed by atoms with van der Waals surface area (Å²) >= 11 is 0. The Bertz CT molecular complexity index is 760. The normalized spacial score (nSPS) is 43.3. The van der Waals surface area contributed by atoms with E-state index < -0.39 is 41.6 Å². The predicted molar refractivity (Wildman–Crippen MR) is 123 cm³/mol. The summed E-state index contributed by atoms with van der Waals surface area (Å²) in [6.07, 6.45) is 0.262. The third kappa shape index (κ3) is 5.15. The molecule has 2 saturated heterocycles. The lowest BCUT2D eigenvalue weighted by Crippen LogP contribution is -2.53. The molecule has 1 saturated carbocycles. The second kappa shape index (κ2) is 9.67. The van der Waals surface area contributed by atoms with Crippen molar-refractivity contribution in [3.63, 3.8) is 0 Å². The van der Waals surface area contributed by atoms with Crippen LogP contribution in [0, 0.1) is 23.7 Å². The van der Waals surface area contributed by atoms with E-state index in [1.807, 2.05) is 13.8 Å². The molecule has 0 aromatic carbocycles. The van der Waals surface area contributed by atoms with E-state index in [4.69, 9.17) is 14.2 Å². The van der Waals surface area contributed by atoms with Crippen molar-refractivity contribution in [2.24, 2.45) is 23.7 Å². The van der Waals surface area contributed by atoms with Crippen LogP contribution in [0.25, 0.3) is 0 Å². The zero-order valence-electron chi connectivity index (χ0n) is 21.0. The van der Waals surface area contributed by atoms with Gasteiger partial charge in [0.05, 0.1) is 12.2 Å². The van der Waals surface area contributed by atoms with Gasteiger partial charge in [0.15, 0.2) is 0 Å². The Labute approximate surface area is 197 Å². The first kappa shape index (κ1) is 26.2. The minimum atomic E-state index is -1.34. The van der Waals surface area contributed by atoms with Gasteiger partial charge in [-0.25, -0.2) is 0 Å². The summed E-state index contributed by atoms with van der Waals surface area (Å²) in [5, 5.41) is 22.3. The molecule has 1 aliphatic carbocycles. The topological polar surface area (TPSA) is 102 Å². The summed E-state index contributed by atoms with van der Waals surface area (Å²) in [7, 11) is 0. The van der Waals surface area contributed by atoms with Gasteiger partial charge in [-0.15, -0.1) is 0 Å². The van der Waals surface area contributed by atoms with Crippen LogP contribution in [0.5, 0.6) is 0 Å². The van der Waals surface area contributed by atoms with Crippen molar-refractivity contribution in [2.45, 2.75) is 116 Å². The molecule has 0 aromatic rings. The van der Waals surface area contributed by atoms with Gasteiger partial charge < -0.3 is 24.4 Å². The molecule has 7 nitrogen and oxygen atoms in total. The molecular weight excluding hydrogens is 424 g/mol. The van der Waals surface area contributed by atoms with Gasteiger partial charge in [0.25, 0.3) is 0 Å². The Morgan fingerprint density at radius 3 is 2.55 bits per heavy atom. The highest BCUT2D eigenvalue weighted by atomic mass is 16.6. The van der Waals surface area contributed by atoms with Crippen LogP contribution >= 0.6 is 0 Å². The van der Waals surface area contributed by atoms with Gasteiger partial charge in [-0.2, -0.15) is 0 Å². The van der Waals surface area contributed by atoms with Crippen LogP contribution in [0.2, 0.25) is 0 Å². The number of hydrogen-bond acceptors (Lipinski definition) is 7. The van der Waals surface area contributed by atoms with E-state index in [1.165, 1.54) is 6.92 Å². The highest BCUT2D eigenvalue weighted by Crippen LogP contribution is 2.56. The molecule has 33 heavy (non-hydrogen) atoms. The molecule has 188 valence electrons. The van der Waals surface area contributed by atoms with Crippen molar-refractivity contribution in [2.75, 3.05) is 0 Å². The average Bonchev–Trinajstić information content (AvgIpc) is 3.07. The second-order valence-electron chi connectivity index (χ2n) is 11.2. The summed E-state index contributed by atoms with van der Waals surface area (Å²) in [6.45, 7) is 15.4. The fourth-order valence-corrected chi connectivity index (χ4v) is 6.46. The Balaban J connectivity index is 2.05. The molecule has 9 unspecified atom stereocenters. The van der Waals surface area contributed by atoms with Gasteiger partial charge in [-0.05, 0) is 56.9 Å². The van der Waals surface area contributed by atoms with Crippen molar-refractivity contribution in [1.82, 2.24) is 0 Å². The van der Waals surface area contributed by atoms with E-state index in [0.717, 1.165) is 0 Å². The molecule has 3 aliphatic rings. The summed E-state index contributed by atoms with van der Waals surface area (Å²) < 4.78 is 18.3. The van der Waals surface area contributed by atoms with E-state index in [1.54, 1.807) is 6.92 Å². The van der Waals surface area contributed by atoms with Crippen molar-refractivity contribution in [3.8, 4) is 0 Å². The maximum Gasteiger partial charge on any atom is 0.306 e. The molecule has 2 N–H and O–H groups in total. The van der Waals surface area contributed by atoms with Gasteiger partial charge in [0, 0.05) is 31.6 Å². The van der Waals surface area contributed by atoms with Gasteiger partial charge in [-0.1, -0.05) is 27.4 Å². The maximum atomic E-state index is 12.3. The molecule has 9 atom stereocenters. The first-order chi connectivity index (χ1) is 15.3. The van der Waals surface area contributed by atoms with Gasteiger partial charge in [0.1, 0.15) is 23.4 Å². The van der Waals surface area contributed by atoms with Gasteiger partial charge in [0.2, 0.25) is 0 Å². The molecule has 2 bridgehead atoms. The summed E-state index contributed by atoms with van der Waals surface area (Å²) in [4.78, 5) is 24.5. The zero-order valence-corrected chi connectivity index (χ0v) is 21.0. The monoisotopic (exact) mass is 466 g/mol. The van der Waals surface area contributed by atoms with Crippen LogP contribution in [0.15, 0.2) is 12.2 Å². The molecule has 0 amide bonds. The number of aliphatic hydroxyl groups excluding tert-OH is 1. The van der Waals surface area contributed by atoms with Crippen molar-refractivity contribution in [3.05, 3.63) is 12.2 Å². The number of carbonyl (C=O) groups is 2. The number of fused-ring (bicyclic) bond motifs is 5. The zero-order chi connectivity index (χ0) is 24.7. The number of rotatable bonds is 5. The molecule has 3 fully saturated rings. The SMILES string of the molecule is C=C1C(O)CC(C(C)C)C2C1C1CC(C)(O)C(OC(=O)CCC)CCC(C)(OC(C)=O)C2O1. The Morgan fingerprint density at radius 1 is 1.30 bits per heavy atom. The molecular formula is C26H42O7. The fraction of sp³-hybridized carbons (Fsp3) is 0.846. The molecule has 0 radical (unpaired) electrons. The van der Waals surface area contributed by atoms with Gasteiger partial charge in [-0.3, -0.25) is 9.59 Å². The lowest BCUT2D eigenvalue weighted by molar-refractivity contribution is -0.180. The van der Waals surface area contributed by atoms with Crippen LogP contribution in [0.3, 0.4) is 0 Å². The van der Waals surface area contributed by atoms with Crippen molar-refractivity contribution < 1.29 is 34.0 Å². The molecule has 3 rings (SSSR count). The molecule has 0 aromatic heterocycles. The van der Waals surface area contributed by atoms with Crippen LogP contribution in [-0.2, 0) is 23.8 Å². The minimum absolute atomic E-state index is 0.00485. The Morgan fingerprint density at radius 2 is 1.97 bits per heavy atom. The predicted octanol–water partition coefficient (Wildman–Crippen LogP) is 3.55. The summed E-state index contributed by atoms with van der Waals surface area (Å²) in [6, 6.07) is 0.